The summed E-state index contributed by atoms with van der Waals surface area (Å²) in [4.78, 5) is 16.2. The van der Waals surface area contributed by atoms with Crippen LogP contribution in [0.15, 0.2) is 72.9 Å². The first-order valence-electron chi connectivity index (χ1n) is 11.2. The number of rotatable bonds is 10. The number of likely N-dealkylation sites (N-methyl/N-ethyl adjacent to an activating group) is 1. The van der Waals surface area contributed by atoms with Gasteiger partial charge in [-0.1, -0.05) is 48.5 Å². The highest BCUT2D eigenvalue weighted by molar-refractivity contribution is 5.83. The lowest BCUT2D eigenvalue weighted by Gasteiger charge is -2.26. The number of aromatic nitrogens is 1. The van der Waals surface area contributed by atoms with Gasteiger partial charge in [0.1, 0.15) is 17.5 Å². The quantitative estimate of drug-likeness (QED) is 0.339. The number of benzene rings is 2. The molecule has 0 aliphatic rings. The van der Waals surface area contributed by atoms with Gasteiger partial charge in [0, 0.05) is 26.2 Å². The minimum Gasteiger partial charge on any atom is -0.433 e. The van der Waals surface area contributed by atoms with Crippen molar-refractivity contribution < 1.29 is 31.5 Å². The highest BCUT2D eigenvalue weighted by Crippen LogP contribution is 2.30. The van der Waals surface area contributed by atoms with Crippen LogP contribution in [0.3, 0.4) is 0 Å². The third-order valence-corrected chi connectivity index (χ3v) is 5.40. The van der Waals surface area contributed by atoms with E-state index in [9.17, 15) is 26.7 Å². The molecular formula is C26H26F5N3O2. The van der Waals surface area contributed by atoms with Gasteiger partial charge in [0.2, 0.25) is 5.91 Å². The monoisotopic (exact) mass is 507 g/mol. The summed E-state index contributed by atoms with van der Waals surface area (Å²) < 4.78 is 70.1. The van der Waals surface area contributed by atoms with Gasteiger partial charge >= 0.3 is 12.3 Å². The van der Waals surface area contributed by atoms with Crippen molar-refractivity contribution in [1.82, 2.24) is 15.6 Å². The minimum absolute atomic E-state index is 0.0563. The molecule has 1 heterocycles. The van der Waals surface area contributed by atoms with Crippen molar-refractivity contribution in [1.29, 1.82) is 0 Å². The molecule has 0 saturated heterocycles. The van der Waals surface area contributed by atoms with Crippen LogP contribution in [0.5, 0.6) is 5.75 Å². The van der Waals surface area contributed by atoms with Crippen LogP contribution < -0.4 is 15.4 Å². The molecule has 1 amide bonds. The molecule has 192 valence electrons. The molecule has 2 N–H and O–H groups in total. The topological polar surface area (TPSA) is 63.2 Å². The van der Waals surface area contributed by atoms with Crippen molar-refractivity contribution in [2.24, 2.45) is 0 Å². The van der Waals surface area contributed by atoms with Crippen LogP contribution in [0.25, 0.3) is 0 Å². The Kier molecular flexibility index (Phi) is 8.62. The maximum absolute atomic E-state index is 13.4. The molecule has 0 fully saturated rings. The second-order valence-electron chi connectivity index (χ2n) is 8.25. The van der Waals surface area contributed by atoms with E-state index in [1.165, 1.54) is 25.2 Å². The fourth-order valence-electron chi connectivity index (χ4n) is 3.71. The highest BCUT2D eigenvalue weighted by Gasteiger charge is 2.32. The predicted octanol–water partition coefficient (Wildman–Crippen LogP) is 5.84. The zero-order valence-electron chi connectivity index (χ0n) is 19.7. The molecule has 10 heteroatoms. The third kappa shape index (κ3) is 7.74. The van der Waals surface area contributed by atoms with E-state index >= 15 is 0 Å². The van der Waals surface area contributed by atoms with Crippen LogP contribution in [0.2, 0.25) is 0 Å². The Bertz CT molecular complexity index is 1130. The van der Waals surface area contributed by atoms with Crippen LogP contribution in [0.4, 0.5) is 22.0 Å². The van der Waals surface area contributed by atoms with E-state index in [0.717, 1.165) is 12.3 Å². The predicted molar refractivity (Wildman–Crippen MR) is 124 cm³/mol. The molecule has 1 unspecified atom stereocenters. The van der Waals surface area contributed by atoms with Gasteiger partial charge in [0.05, 0.1) is 0 Å². The number of pyridine rings is 1. The molecule has 5 nitrogen and oxygen atoms in total. The zero-order chi connectivity index (χ0) is 26.3. The Morgan fingerprint density at radius 3 is 2.25 bits per heavy atom. The summed E-state index contributed by atoms with van der Waals surface area (Å²) >= 11 is 0. The smallest absolute Gasteiger partial charge is 0.433 e. The number of halogens is 5. The fourth-order valence-corrected chi connectivity index (χ4v) is 3.71. The molecule has 2 atom stereocenters. The van der Waals surface area contributed by atoms with Gasteiger partial charge in [0.15, 0.2) is 0 Å². The van der Waals surface area contributed by atoms with Crippen molar-refractivity contribution in [2.75, 3.05) is 7.05 Å². The summed E-state index contributed by atoms with van der Waals surface area (Å²) in [7, 11) is 1.50. The second kappa shape index (κ2) is 11.5. The van der Waals surface area contributed by atoms with Crippen LogP contribution in [-0.4, -0.2) is 24.0 Å². The van der Waals surface area contributed by atoms with E-state index in [2.05, 4.69) is 15.6 Å². The number of carbonyl (C=O) groups excluding carboxylic acids is 1. The van der Waals surface area contributed by atoms with Gasteiger partial charge in [-0.05, 0) is 47.7 Å². The SMILES string of the molecule is CNC(=O)C(N[C@H](CCc1ccc(C(F)(F)F)nc1)c1cccc(OC(C)(F)F)c1)c1ccccc1. The average Bonchev–Trinajstić information content (AvgIpc) is 2.83. The summed E-state index contributed by atoms with van der Waals surface area (Å²) in [6.45, 7) is 0.629. The van der Waals surface area contributed by atoms with E-state index < -0.39 is 30.1 Å². The molecule has 0 spiro atoms. The Morgan fingerprint density at radius 1 is 0.972 bits per heavy atom. The highest BCUT2D eigenvalue weighted by atomic mass is 19.4. The Hall–Kier alpha value is -3.53. The summed E-state index contributed by atoms with van der Waals surface area (Å²) in [5.74, 6) is -0.367. The maximum atomic E-state index is 13.4. The fraction of sp³-hybridized carbons (Fsp3) is 0.308. The molecule has 0 aliphatic heterocycles. The Labute approximate surface area is 205 Å². The van der Waals surface area contributed by atoms with E-state index in [-0.39, 0.29) is 11.7 Å². The Morgan fingerprint density at radius 2 is 1.67 bits per heavy atom. The van der Waals surface area contributed by atoms with Crippen LogP contribution in [-0.2, 0) is 17.4 Å². The number of nitrogens with one attached hydrogen (secondary N) is 2. The maximum Gasteiger partial charge on any atom is 0.433 e. The van der Waals surface area contributed by atoms with Crippen molar-refractivity contribution >= 4 is 5.91 Å². The lowest BCUT2D eigenvalue weighted by atomic mass is 9.96. The van der Waals surface area contributed by atoms with Gasteiger partial charge in [-0.15, -0.1) is 0 Å². The second-order valence-corrected chi connectivity index (χ2v) is 8.25. The number of ether oxygens (including phenoxy) is 1. The number of nitrogens with zero attached hydrogens (tertiary/aromatic N) is 1. The largest absolute Gasteiger partial charge is 0.433 e. The van der Waals surface area contributed by atoms with E-state index in [0.29, 0.717) is 36.5 Å². The molecule has 1 aromatic heterocycles. The third-order valence-electron chi connectivity index (χ3n) is 5.40. The van der Waals surface area contributed by atoms with Crippen LogP contribution in [0, 0.1) is 0 Å². The molecule has 0 bridgehead atoms. The van der Waals surface area contributed by atoms with Crippen molar-refractivity contribution in [3.05, 3.63) is 95.3 Å². The van der Waals surface area contributed by atoms with Gasteiger partial charge in [-0.2, -0.15) is 22.0 Å². The zero-order valence-corrected chi connectivity index (χ0v) is 19.7. The lowest BCUT2D eigenvalue weighted by Crippen LogP contribution is -2.38. The number of hydrogen-bond donors (Lipinski definition) is 2. The average molecular weight is 508 g/mol. The van der Waals surface area contributed by atoms with Gasteiger partial charge in [-0.25, -0.2) is 0 Å². The standard InChI is InChI=1S/C26H26F5N3O2/c1-25(27,28)36-20-10-6-9-19(15-20)21(13-11-17-12-14-22(33-16-17)26(29,30)31)34-23(24(35)32-2)18-7-4-3-5-8-18/h3-10,12,14-16,21,23,34H,11,13H2,1-2H3,(H,32,35)/t21-,23?/m1/s1. The molecule has 0 aliphatic carbocycles. The van der Waals surface area contributed by atoms with E-state index in [1.54, 1.807) is 36.4 Å². The first-order chi connectivity index (χ1) is 17.0. The number of hydrogen-bond acceptors (Lipinski definition) is 4. The summed E-state index contributed by atoms with van der Waals surface area (Å²) in [5, 5.41) is 5.89. The van der Waals surface area contributed by atoms with E-state index in [1.807, 2.05) is 6.07 Å². The number of amides is 1. The molecule has 36 heavy (non-hydrogen) atoms. The lowest BCUT2D eigenvalue weighted by molar-refractivity contribution is -0.159. The molecule has 2 aromatic carbocycles. The summed E-state index contributed by atoms with van der Waals surface area (Å²) in [5.41, 5.74) is 0.820. The van der Waals surface area contributed by atoms with Crippen LogP contribution >= 0.6 is 0 Å². The first-order valence-corrected chi connectivity index (χ1v) is 11.2. The van der Waals surface area contributed by atoms with Gasteiger partial charge in [0.25, 0.3) is 0 Å². The normalized spacial score (nSPS) is 13.6. The molecular weight excluding hydrogens is 481 g/mol. The Balaban J connectivity index is 1.90. The summed E-state index contributed by atoms with van der Waals surface area (Å²) in [6, 6.07) is 16.0. The minimum atomic E-state index is -4.54. The molecule has 0 saturated carbocycles. The molecule has 0 radical (unpaired) electrons. The number of alkyl halides is 5. The molecule has 3 aromatic rings. The van der Waals surface area contributed by atoms with Crippen LogP contribution in [0.1, 0.15) is 47.8 Å². The van der Waals surface area contributed by atoms with Gasteiger partial charge in [-0.3, -0.25) is 15.1 Å². The first kappa shape index (κ1) is 27.1. The number of aryl methyl sites for hydroxylation is 1. The van der Waals surface area contributed by atoms with Crippen molar-refractivity contribution in [2.45, 2.75) is 44.1 Å². The van der Waals surface area contributed by atoms with Gasteiger partial charge < -0.3 is 10.1 Å². The number of carbonyl (C=O) groups is 1. The van der Waals surface area contributed by atoms with Crippen molar-refractivity contribution in [3.63, 3.8) is 0 Å². The van der Waals surface area contributed by atoms with Crippen molar-refractivity contribution in [3.8, 4) is 5.75 Å². The summed E-state index contributed by atoms with van der Waals surface area (Å²) in [6.07, 6.45) is -6.13. The molecule has 3 rings (SSSR count). The van der Waals surface area contributed by atoms with E-state index in [4.69, 9.17) is 4.74 Å².